The van der Waals surface area contributed by atoms with E-state index in [2.05, 4.69) is 54.0 Å². The normalized spacial score (nSPS) is 18.2. The summed E-state index contributed by atoms with van der Waals surface area (Å²) in [4.78, 5) is 11.8. The van der Waals surface area contributed by atoms with Crippen LogP contribution >= 0.6 is 0 Å². The maximum atomic E-state index is 10.5. The Kier molecular flexibility index (Phi) is 4.80. The molecule has 6 heteroatoms. The van der Waals surface area contributed by atoms with E-state index in [1.54, 1.807) is 10.7 Å². The lowest BCUT2D eigenvalue weighted by atomic mass is 10.1. The molecule has 0 aliphatic heterocycles. The van der Waals surface area contributed by atoms with Crippen LogP contribution in [0, 0.1) is 17.8 Å². The van der Waals surface area contributed by atoms with E-state index in [1.807, 2.05) is 25.5 Å². The second-order valence-corrected chi connectivity index (χ2v) is 9.44. The molecule has 5 rings (SSSR count). The molecule has 1 saturated carbocycles. The van der Waals surface area contributed by atoms with Crippen LogP contribution in [-0.4, -0.2) is 37.9 Å². The minimum Gasteiger partial charge on any atom is -0.507 e. The number of hydrogen-bond donors (Lipinski definition) is 1. The quantitative estimate of drug-likeness (QED) is 0.480. The Morgan fingerprint density at radius 2 is 1.97 bits per heavy atom. The molecule has 2 aromatic heterocycles. The Morgan fingerprint density at radius 1 is 1.16 bits per heavy atom. The van der Waals surface area contributed by atoms with Gasteiger partial charge in [0.25, 0.3) is 0 Å². The van der Waals surface area contributed by atoms with Crippen molar-refractivity contribution in [1.29, 1.82) is 0 Å². The van der Waals surface area contributed by atoms with E-state index in [9.17, 15) is 5.11 Å². The van der Waals surface area contributed by atoms with E-state index in [1.165, 1.54) is 12.1 Å². The molecule has 2 heterocycles. The van der Waals surface area contributed by atoms with Crippen LogP contribution in [0.2, 0.25) is 0 Å². The van der Waals surface area contributed by atoms with Crippen molar-refractivity contribution in [3.63, 3.8) is 0 Å². The summed E-state index contributed by atoms with van der Waals surface area (Å²) in [5.41, 5.74) is 3.49. The molecular formula is C25H29N5O. The standard InChI is InChI=1S/C25H29N5O/c1-15(2)12-30(14-18-7-16(18)3)20-5-6-22-17(8-20)11-26-25(27-22)21-9-19-13-29(4)28-23(19)10-24(21)31/h5-6,8-11,13,15-16,18,31H,7,12,14H2,1-4H3/t16-,18?/m1/s1. The van der Waals surface area contributed by atoms with Gasteiger partial charge in [0.05, 0.1) is 16.6 Å². The van der Waals surface area contributed by atoms with Crippen molar-refractivity contribution in [3.8, 4) is 17.1 Å². The number of aromatic hydroxyl groups is 1. The van der Waals surface area contributed by atoms with Gasteiger partial charge in [0.2, 0.25) is 0 Å². The Morgan fingerprint density at radius 3 is 2.71 bits per heavy atom. The van der Waals surface area contributed by atoms with E-state index < -0.39 is 0 Å². The zero-order valence-electron chi connectivity index (χ0n) is 18.6. The van der Waals surface area contributed by atoms with E-state index in [-0.39, 0.29) is 5.75 Å². The fourth-order valence-corrected chi connectivity index (χ4v) is 4.37. The molecule has 1 aliphatic carbocycles. The smallest absolute Gasteiger partial charge is 0.163 e. The number of rotatable bonds is 6. The van der Waals surface area contributed by atoms with Crippen molar-refractivity contribution in [2.45, 2.75) is 27.2 Å². The third-order valence-corrected chi connectivity index (χ3v) is 6.22. The Hall–Kier alpha value is -3.15. The van der Waals surface area contributed by atoms with Crippen molar-refractivity contribution >= 4 is 27.5 Å². The van der Waals surface area contributed by atoms with E-state index in [0.717, 1.165) is 46.7 Å². The van der Waals surface area contributed by atoms with E-state index in [4.69, 9.17) is 4.98 Å². The number of nitrogens with zero attached hydrogens (tertiary/aromatic N) is 5. The van der Waals surface area contributed by atoms with Crippen molar-refractivity contribution in [2.24, 2.45) is 24.8 Å². The average molecular weight is 416 g/mol. The van der Waals surface area contributed by atoms with Crippen LogP contribution in [0.4, 0.5) is 5.69 Å². The third-order valence-electron chi connectivity index (χ3n) is 6.22. The van der Waals surface area contributed by atoms with Crippen LogP contribution in [0.1, 0.15) is 27.2 Å². The number of aromatic nitrogens is 4. The summed E-state index contributed by atoms with van der Waals surface area (Å²) in [5, 5.41) is 16.8. The van der Waals surface area contributed by atoms with Gasteiger partial charge in [-0.3, -0.25) is 4.68 Å². The maximum absolute atomic E-state index is 10.5. The highest BCUT2D eigenvalue weighted by atomic mass is 16.3. The molecule has 31 heavy (non-hydrogen) atoms. The van der Waals surface area contributed by atoms with E-state index >= 15 is 0 Å². The molecule has 1 aliphatic rings. The summed E-state index contributed by atoms with van der Waals surface area (Å²) in [7, 11) is 1.87. The molecule has 1 fully saturated rings. The minimum absolute atomic E-state index is 0.142. The zero-order valence-corrected chi connectivity index (χ0v) is 18.6. The largest absolute Gasteiger partial charge is 0.507 e. The molecule has 0 spiro atoms. The van der Waals surface area contributed by atoms with Crippen LogP contribution in [0.25, 0.3) is 33.2 Å². The molecule has 0 bridgehead atoms. The highest BCUT2D eigenvalue weighted by Crippen LogP contribution is 2.39. The van der Waals surface area contributed by atoms with Gasteiger partial charge >= 0.3 is 0 Å². The van der Waals surface area contributed by atoms with Crippen LogP contribution in [0.5, 0.6) is 5.75 Å². The number of anilines is 1. The van der Waals surface area contributed by atoms with Crippen molar-refractivity contribution in [3.05, 3.63) is 42.7 Å². The SMILES string of the molecule is CC(C)CN(CC1C[C@H]1C)c1ccc2nc(-c3cc4cn(C)nc4cc3O)ncc2c1. The fourth-order valence-electron chi connectivity index (χ4n) is 4.37. The molecule has 160 valence electrons. The predicted molar refractivity (Wildman–Crippen MR) is 125 cm³/mol. The number of phenols is 1. The minimum atomic E-state index is 0.142. The molecular weight excluding hydrogens is 386 g/mol. The number of fused-ring (bicyclic) bond motifs is 2. The molecule has 6 nitrogen and oxygen atoms in total. The number of aryl methyl sites for hydroxylation is 1. The van der Waals surface area contributed by atoms with Gasteiger partial charge in [-0.25, -0.2) is 9.97 Å². The van der Waals surface area contributed by atoms with Gasteiger partial charge in [-0.2, -0.15) is 5.10 Å². The predicted octanol–water partition coefficient (Wildman–Crippen LogP) is 5.01. The second kappa shape index (κ2) is 7.52. The van der Waals surface area contributed by atoms with Gasteiger partial charge in [0.1, 0.15) is 5.75 Å². The first kappa shape index (κ1) is 19.8. The Labute approximate surface area is 182 Å². The summed E-state index contributed by atoms with van der Waals surface area (Å²) in [6, 6.07) is 9.99. The lowest BCUT2D eigenvalue weighted by Gasteiger charge is -2.27. The van der Waals surface area contributed by atoms with Crippen LogP contribution in [0.3, 0.4) is 0 Å². The molecule has 2 aromatic carbocycles. The number of benzene rings is 2. The van der Waals surface area contributed by atoms with Gasteiger partial charge < -0.3 is 10.0 Å². The van der Waals surface area contributed by atoms with Gasteiger partial charge in [-0.15, -0.1) is 0 Å². The number of phenolic OH excluding ortho intramolecular Hbond substituents is 1. The first-order valence-corrected chi connectivity index (χ1v) is 11.1. The summed E-state index contributed by atoms with van der Waals surface area (Å²) in [5.74, 6) is 2.91. The monoisotopic (exact) mass is 415 g/mol. The zero-order chi connectivity index (χ0) is 21.7. The van der Waals surface area contributed by atoms with Crippen molar-refractivity contribution in [1.82, 2.24) is 19.7 Å². The van der Waals surface area contributed by atoms with Crippen LogP contribution in [-0.2, 0) is 7.05 Å². The third kappa shape index (κ3) is 3.94. The molecule has 4 aromatic rings. The first-order valence-electron chi connectivity index (χ1n) is 11.1. The van der Waals surface area contributed by atoms with Crippen LogP contribution in [0.15, 0.2) is 42.7 Å². The first-order chi connectivity index (χ1) is 14.9. The lowest BCUT2D eigenvalue weighted by molar-refractivity contribution is 0.477. The fraction of sp³-hybridized carbons (Fsp3) is 0.400. The molecule has 0 radical (unpaired) electrons. The van der Waals surface area contributed by atoms with Gasteiger partial charge in [0, 0.05) is 55.1 Å². The van der Waals surface area contributed by atoms with Crippen LogP contribution < -0.4 is 4.90 Å². The summed E-state index contributed by atoms with van der Waals surface area (Å²) in [6.45, 7) is 9.04. The molecule has 1 unspecified atom stereocenters. The topological polar surface area (TPSA) is 67.1 Å². The maximum Gasteiger partial charge on any atom is 0.163 e. The summed E-state index contributed by atoms with van der Waals surface area (Å²) in [6.07, 6.45) is 5.12. The molecule has 1 N–H and O–H groups in total. The molecule has 2 atom stereocenters. The second-order valence-electron chi connectivity index (χ2n) is 9.44. The van der Waals surface area contributed by atoms with Gasteiger partial charge in [0.15, 0.2) is 5.82 Å². The summed E-state index contributed by atoms with van der Waals surface area (Å²) < 4.78 is 1.74. The van der Waals surface area contributed by atoms with Gasteiger partial charge in [-0.05, 0) is 48.4 Å². The Bertz CT molecular complexity index is 1260. The van der Waals surface area contributed by atoms with Gasteiger partial charge in [-0.1, -0.05) is 20.8 Å². The highest BCUT2D eigenvalue weighted by molar-refractivity contribution is 5.88. The van der Waals surface area contributed by atoms with Crippen molar-refractivity contribution < 1.29 is 5.11 Å². The Balaban J connectivity index is 1.49. The molecule has 0 saturated heterocycles. The average Bonchev–Trinajstić information content (AvgIpc) is 3.29. The highest BCUT2D eigenvalue weighted by Gasteiger charge is 2.34. The van der Waals surface area contributed by atoms with Crippen molar-refractivity contribution in [2.75, 3.05) is 18.0 Å². The molecule has 0 amide bonds. The summed E-state index contributed by atoms with van der Waals surface area (Å²) >= 11 is 0. The number of hydrogen-bond acceptors (Lipinski definition) is 5. The van der Waals surface area contributed by atoms with E-state index in [0.29, 0.717) is 17.3 Å². The lowest BCUT2D eigenvalue weighted by Crippen LogP contribution is -2.30.